The second-order valence-electron chi connectivity index (χ2n) is 5.58. The summed E-state index contributed by atoms with van der Waals surface area (Å²) >= 11 is 0. The van der Waals surface area contributed by atoms with Gasteiger partial charge in [-0.05, 0) is 25.0 Å². The van der Waals surface area contributed by atoms with Crippen molar-refractivity contribution in [2.75, 3.05) is 33.3 Å². The van der Waals surface area contributed by atoms with Crippen LogP contribution in [0.25, 0.3) is 0 Å². The molecule has 0 radical (unpaired) electrons. The molecule has 0 spiro atoms. The van der Waals surface area contributed by atoms with Crippen molar-refractivity contribution >= 4 is 15.9 Å². The number of benzene rings is 1. The van der Waals surface area contributed by atoms with Crippen LogP contribution in [0.4, 0.5) is 4.39 Å². The number of hydrogen-bond acceptors (Lipinski definition) is 5. The first kappa shape index (κ1) is 18.6. The third-order valence-corrected chi connectivity index (χ3v) is 5.82. The average molecular weight is 359 g/mol. The van der Waals surface area contributed by atoms with Gasteiger partial charge in [-0.15, -0.1) is 0 Å². The zero-order valence-corrected chi connectivity index (χ0v) is 14.3. The lowest BCUT2D eigenvalue weighted by Gasteiger charge is -2.31. The first-order valence-corrected chi connectivity index (χ1v) is 9.15. The number of carbonyl (C=O) groups is 1. The molecule has 9 heteroatoms. The molecule has 0 aliphatic carbocycles. The summed E-state index contributed by atoms with van der Waals surface area (Å²) in [5.74, 6) is -1.38. The molecule has 0 bridgehead atoms. The lowest BCUT2D eigenvalue weighted by molar-refractivity contribution is -0.126. The van der Waals surface area contributed by atoms with E-state index in [0.29, 0.717) is 32.5 Å². The molecule has 1 saturated heterocycles. The van der Waals surface area contributed by atoms with Crippen LogP contribution in [0.2, 0.25) is 0 Å². The summed E-state index contributed by atoms with van der Waals surface area (Å²) in [6, 6.07) is 3.41. The van der Waals surface area contributed by atoms with Crippen molar-refractivity contribution in [3.63, 3.8) is 0 Å². The predicted molar refractivity (Wildman–Crippen MR) is 86.5 cm³/mol. The highest BCUT2D eigenvalue weighted by Gasteiger charge is 2.33. The van der Waals surface area contributed by atoms with Crippen molar-refractivity contribution in [1.29, 1.82) is 0 Å². The molecule has 1 unspecified atom stereocenters. The Bertz CT molecular complexity index is 696. The van der Waals surface area contributed by atoms with Gasteiger partial charge in [-0.3, -0.25) is 4.79 Å². The number of carbonyl (C=O) groups excluding carboxylic acids is 1. The quantitative estimate of drug-likeness (QED) is 0.761. The summed E-state index contributed by atoms with van der Waals surface area (Å²) in [7, 11) is -2.55. The summed E-state index contributed by atoms with van der Waals surface area (Å²) in [6.45, 7) is 1.11. The zero-order valence-electron chi connectivity index (χ0n) is 13.5. The fraction of sp³-hybridized carbons (Fsp3) is 0.533. The van der Waals surface area contributed by atoms with Crippen molar-refractivity contribution in [1.82, 2.24) is 9.62 Å². The number of sulfonamides is 1. The second-order valence-corrected chi connectivity index (χ2v) is 7.52. The number of nitrogens with zero attached hydrogens (tertiary/aromatic N) is 1. The van der Waals surface area contributed by atoms with Crippen LogP contribution < -0.4 is 15.8 Å². The standard InChI is InChI=1S/C15H22FN3O4S/c1-23-14-9-12(4-5-13(14)16)24(21,22)19-8-2-3-11(10-19)15(20)18-7-6-17/h4-5,9,11H,2-3,6-8,10,17H2,1H3,(H,18,20). The van der Waals surface area contributed by atoms with Gasteiger partial charge in [-0.25, -0.2) is 12.8 Å². The Morgan fingerprint density at radius 3 is 2.92 bits per heavy atom. The number of rotatable bonds is 6. The van der Waals surface area contributed by atoms with Gasteiger partial charge in [0.05, 0.1) is 17.9 Å². The number of methoxy groups -OCH3 is 1. The minimum Gasteiger partial charge on any atom is -0.494 e. The first-order valence-electron chi connectivity index (χ1n) is 7.71. The van der Waals surface area contributed by atoms with E-state index < -0.39 is 21.8 Å². The van der Waals surface area contributed by atoms with Crippen LogP contribution in [0.1, 0.15) is 12.8 Å². The molecule has 1 aliphatic rings. The molecule has 1 aliphatic heterocycles. The smallest absolute Gasteiger partial charge is 0.243 e. The maximum atomic E-state index is 13.5. The fourth-order valence-electron chi connectivity index (χ4n) is 2.66. The van der Waals surface area contributed by atoms with Crippen molar-refractivity contribution in [3.8, 4) is 5.75 Å². The van der Waals surface area contributed by atoms with Crippen LogP contribution in [-0.2, 0) is 14.8 Å². The molecular formula is C15H22FN3O4S. The van der Waals surface area contributed by atoms with Crippen LogP contribution in [0, 0.1) is 11.7 Å². The van der Waals surface area contributed by atoms with Crippen LogP contribution in [0.5, 0.6) is 5.75 Å². The normalized spacial score (nSPS) is 19.0. The van der Waals surface area contributed by atoms with E-state index >= 15 is 0 Å². The van der Waals surface area contributed by atoms with Crippen LogP contribution >= 0.6 is 0 Å². The third kappa shape index (κ3) is 4.03. The van der Waals surface area contributed by atoms with Crippen molar-refractivity contribution < 1.29 is 22.3 Å². The van der Waals surface area contributed by atoms with E-state index in [4.69, 9.17) is 10.5 Å². The Morgan fingerprint density at radius 1 is 1.50 bits per heavy atom. The number of ether oxygens (including phenoxy) is 1. The molecule has 1 aromatic carbocycles. The highest BCUT2D eigenvalue weighted by Crippen LogP contribution is 2.27. The van der Waals surface area contributed by atoms with E-state index in [2.05, 4.69) is 5.32 Å². The van der Waals surface area contributed by atoms with E-state index in [9.17, 15) is 17.6 Å². The molecular weight excluding hydrogens is 337 g/mol. The van der Waals surface area contributed by atoms with Crippen LogP contribution in [0.3, 0.4) is 0 Å². The van der Waals surface area contributed by atoms with E-state index in [1.54, 1.807) is 0 Å². The lowest BCUT2D eigenvalue weighted by Crippen LogP contribution is -2.46. The maximum Gasteiger partial charge on any atom is 0.243 e. The minimum absolute atomic E-state index is 0.0521. The van der Waals surface area contributed by atoms with E-state index in [1.165, 1.54) is 17.5 Å². The molecule has 24 heavy (non-hydrogen) atoms. The molecule has 0 saturated carbocycles. The summed E-state index contributed by atoms with van der Waals surface area (Å²) in [6.07, 6.45) is 1.20. The number of amides is 1. The zero-order chi connectivity index (χ0) is 17.7. The maximum absolute atomic E-state index is 13.5. The molecule has 1 atom stereocenters. The van der Waals surface area contributed by atoms with Gasteiger partial charge in [-0.1, -0.05) is 0 Å². The Labute approximate surface area is 141 Å². The Morgan fingerprint density at radius 2 is 2.25 bits per heavy atom. The van der Waals surface area contributed by atoms with Gasteiger partial charge in [-0.2, -0.15) is 4.31 Å². The Balaban J connectivity index is 2.18. The van der Waals surface area contributed by atoms with Gasteiger partial charge in [0.2, 0.25) is 15.9 Å². The van der Waals surface area contributed by atoms with Gasteiger partial charge in [0.25, 0.3) is 0 Å². The minimum atomic E-state index is -3.82. The van der Waals surface area contributed by atoms with Gasteiger partial charge >= 0.3 is 0 Å². The number of piperidine rings is 1. The van der Waals surface area contributed by atoms with Crippen molar-refractivity contribution in [2.45, 2.75) is 17.7 Å². The average Bonchev–Trinajstić information content (AvgIpc) is 2.60. The number of nitrogens with two attached hydrogens (primary N) is 1. The third-order valence-electron chi connectivity index (χ3n) is 3.96. The second kappa shape index (κ2) is 7.91. The lowest BCUT2D eigenvalue weighted by atomic mass is 9.99. The number of hydrogen-bond donors (Lipinski definition) is 2. The van der Waals surface area contributed by atoms with Crippen LogP contribution in [0.15, 0.2) is 23.1 Å². The van der Waals surface area contributed by atoms with Crippen molar-refractivity contribution in [2.24, 2.45) is 11.7 Å². The van der Waals surface area contributed by atoms with Gasteiger partial charge in [0.15, 0.2) is 11.6 Å². The summed E-state index contributed by atoms with van der Waals surface area (Å²) in [4.78, 5) is 12.0. The molecule has 1 amide bonds. The summed E-state index contributed by atoms with van der Waals surface area (Å²) < 4.78 is 45.1. The molecule has 1 fully saturated rings. The summed E-state index contributed by atoms with van der Waals surface area (Å²) in [5.41, 5.74) is 5.35. The van der Waals surface area contributed by atoms with Gasteiger partial charge in [0.1, 0.15) is 0 Å². The number of halogens is 1. The van der Waals surface area contributed by atoms with E-state index in [-0.39, 0.29) is 23.1 Å². The summed E-state index contributed by atoms with van der Waals surface area (Å²) in [5, 5.41) is 2.68. The molecule has 2 rings (SSSR count). The molecule has 7 nitrogen and oxygen atoms in total. The molecule has 3 N–H and O–H groups in total. The highest BCUT2D eigenvalue weighted by molar-refractivity contribution is 7.89. The Hall–Kier alpha value is -1.71. The highest BCUT2D eigenvalue weighted by atomic mass is 32.2. The van der Waals surface area contributed by atoms with Crippen LogP contribution in [-0.4, -0.2) is 51.9 Å². The molecule has 0 aromatic heterocycles. The van der Waals surface area contributed by atoms with E-state index in [0.717, 1.165) is 12.1 Å². The predicted octanol–water partition coefficient (Wildman–Crippen LogP) is 0.310. The SMILES string of the molecule is COc1cc(S(=O)(=O)N2CCCC(C(=O)NCCN)C2)ccc1F. The largest absolute Gasteiger partial charge is 0.494 e. The van der Waals surface area contributed by atoms with Crippen molar-refractivity contribution in [3.05, 3.63) is 24.0 Å². The molecule has 1 aromatic rings. The topological polar surface area (TPSA) is 102 Å². The molecule has 134 valence electrons. The molecule has 1 heterocycles. The first-order chi connectivity index (χ1) is 11.4. The number of nitrogens with one attached hydrogen (secondary N) is 1. The van der Waals surface area contributed by atoms with Gasteiger partial charge < -0.3 is 15.8 Å². The van der Waals surface area contributed by atoms with Gasteiger partial charge in [0, 0.05) is 32.2 Å². The monoisotopic (exact) mass is 359 g/mol. The fourth-order valence-corrected chi connectivity index (χ4v) is 4.20. The Kier molecular flexibility index (Phi) is 6.14. The van der Waals surface area contributed by atoms with E-state index in [1.807, 2.05) is 0 Å².